The summed E-state index contributed by atoms with van der Waals surface area (Å²) in [6, 6.07) is 24.4. The van der Waals surface area contributed by atoms with Gasteiger partial charge in [-0.2, -0.15) is 0 Å². The standard InChI is InChI=1S/C29H27ClN2O2/c1-29(2)17-23-27(25(33)18-29)28(20-12-14-21(30)15-13-20)32(24-11-7-6-10-22(24)31-23)26(34)16-19-8-4-3-5-9-19/h3-15,28,31H,16-18H2,1-2H3/t28-/m1/s1. The van der Waals surface area contributed by atoms with E-state index in [1.54, 1.807) is 4.90 Å². The Balaban J connectivity index is 1.72. The van der Waals surface area contributed by atoms with Gasteiger partial charge in [0.2, 0.25) is 5.91 Å². The number of carbonyl (C=O) groups excluding carboxylic acids is 2. The van der Waals surface area contributed by atoms with Crippen LogP contribution in [0.3, 0.4) is 0 Å². The molecule has 1 amide bonds. The Morgan fingerprint density at radius 3 is 2.38 bits per heavy atom. The summed E-state index contributed by atoms with van der Waals surface area (Å²) in [7, 11) is 0. The van der Waals surface area contributed by atoms with Gasteiger partial charge in [-0.25, -0.2) is 0 Å². The number of benzene rings is 3. The van der Waals surface area contributed by atoms with Crippen molar-refractivity contribution in [3.05, 3.63) is 106 Å². The molecule has 0 saturated heterocycles. The van der Waals surface area contributed by atoms with Crippen LogP contribution in [0.1, 0.15) is 43.9 Å². The van der Waals surface area contributed by atoms with Gasteiger partial charge in [0.25, 0.3) is 0 Å². The van der Waals surface area contributed by atoms with Gasteiger partial charge < -0.3 is 5.32 Å². The number of amides is 1. The fraction of sp³-hybridized carbons (Fsp3) is 0.241. The molecule has 0 saturated carbocycles. The van der Waals surface area contributed by atoms with Crippen LogP contribution in [0.2, 0.25) is 5.02 Å². The molecular formula is C29H27ClN2O2. The highest BCUT2D eigenvalue weighted by Gasteiger charge is 2.43. The largest absolute Gasteiger partial charge is 0.357 e. The predicted octanol–water partition coefficient (Wildman–Crippen LogP) is 6.73. The Bertz CT molecular complexity index is 1280. The molecule has 1 aliphatic carbocycles. The first-order valence-corrected chi connectivity index (χ1v) is 11.9. The van der Waals surface area contributed by atoms with Gasteiger partial charge in [-0.3, -0.25) is 14.5 Å². The predicted molar refractivity (Wildman–Crippen MR) is 137 cm³/mol. The lowest BCUT2D eigenvalue weighted by Crippen LogP contribution is -2.40. The topological polar surface area (TPSA) is 49.4 Å². The van der Waals surface area contributed by atoms with Gasteiger partial charge in [0.1, 0.15) is 0 Å². The first-order chi connectivity index (χ1) is 16.3. The van der Waals surface area contributed by atoms with Crippen molar-refractivity contribution in [1.29, 1.82) is 0 Å². The molecule has 3 aromatic carbocycles. The van der Waals surface area contributed by atoms with E-state index in [4.69, 9.17) is 11.6 Å². The lowest BCUT2D eigenvalue weighted by Gasteiger charge is -2.37. The second kappa shape index (κ2) is 8.77. The lowest BCUT2D eigenvalue weighted by atomic mass is 9.73. The summed E-state index contributed by atoms with van der Waals surface area (Å²) in [5, 5.41) is 4.16. The Morgan fingerprint density at radius 1 is 0.971 bits per heavy atom. The molecule has 172 valence electrons. The van der Waals surface area contributed by atoms with Gasteiger partial charge in [0, 0.05) is 22.7 Å². The minimum atomic E-state index is -0.539. The zero-order valence-electron chi connectivity index (χ0n) is 19.3. The van der Waals surface area contributed by atoms with E-state index in [2.05, 4.69) is 19.2 Å². The number of allylic oxidation sites excluding steroid dienone is 1. The maximum absolute atomic E-state index is 14.0. The molecule has 3 aromatic rings. The third kappa shape index (κ3) is 4.26. The van der Waals surface area contributed by atoms with Crippen LogP contribution >= 0.6 is 11.6 Å². The van der Waals surface area contributed by atoms with Gasteiger partial charge in [-0.1, -0.05) is 80.0 Å². The second-order valence-corrected chi connectivity index (χ2v) is 10.3. The van der Waals surface area contributed by atoms with Crippen LogP contribution in [-0.2, 0) is 16.0 Å². The van der Waals surface area contributed by atoms with Crippen molar-refractivity contribution in [2.75, 3.05) is 10.2 Å². The minimum Gasteiger partial charge on any atom is -0.357 e. The summed E-state index contributed by atoms with van der Waals surface area (Å²) < 4.78 is 0. The molecule has 1 N–H and O–H groups in total. The Hall–Kier alpha value is -3.37. The zero-order chi connectivity index (χ0) is 23.9. The second-order valence-electron chi connectivity index (χ2n) is 9.86. The van der Waals surface area contributed by atoms with E-state index in [0.29, 0.717) is 17.0 Å². The molecule has 4 nitrogen and oxygen atoms in total. The third-order valence-electron chi connectivity index (χ3n) is 6.55. The van der Waals surface area contributed by atoms with E-state index in [0.717, 1.165) is 34.6 Å². The summed E-state index contributed by atoms with van der Waals surface area (Å²) in [5.74, 6) is 0.0100. The number of anilines is 2. The zero-order valence-corrected chi connectivity index (χ0v) is 20.1. The number of para-hydroxylation sites is 2. The summed E-state index contributed by atoms with van der Waals surface area (Å²) in [6.45, 7) is 4.23. The van der Waals surface area contributed by atoms with Gasteiger partial charge in [0.15, 0.2) is 5.78 Å². The molecule has 1 heterocycles. The minimum absolute atomic E-state index is 0.0632. The molecule has 5 heteroatoms. The van der Waals surface area contributed by atoms with Crippen molar-refractivity contribution in [3.8, 4) is 0 Å². The summed E-state index contributed by atoms with van der Waals surface area (Å²) >= 11 is 6.20. The molecule has 0 fully saturated rings. The molecule has 0 unspecified atom stereocenters. The van der Waals surface area contributed by atoms with Gasteiger partial charge in [0.05, 0.1) is 23.8 Å². The number of halogens is 1. The lowest BCUT2D eigenvalue weighted by molar-refractivity contribution is -0.119. The van der Waals surface area contributed by atoms with Crippen molar-refractivity contribution in [1.82, 2.24) is 0 Å². The van der Waals surface area contributed by atoms with E-state index in [1.165, 1.54) is 0 Å². The summed E-state index contributed by atoms with van der Waals surface area (Å²) in [6.07, 6.45) is 1.41. The van der Waals surface area contributed by atoms with Crippen LogP contribution in [0.15, 0.2) is 90.1 Å². The number of Topliss-reactive ketones (excluding diaryl/α,β-unsaturated/α-hetero) is 1. The van der Waals surface area contributed by atoms with Crippen molar-refractivity contribution < 1.29 is 9.59 Å². The number of hydrogen-bond donors (Lipinski definition) is 1. The summed E-state index contributed by atoms with van der Waals surface area (Å²) in [5.41, 5.74) is 4.79. The highest BCUT2D eigenvalue weighted by Crippen LogP contribution is 2.48. The molecule has 0 bridgehead atoms. The van der Waals surface area contributed by atoms with Crippen LogP contribution in [0.5, 0.6) is 0 Å². The van der Waals surface area contributed by atoms with E-state index in [1.807, 2.05) is 78.9 Å². The van der Waals surface area contributed by atoms with Crippen molar-refractivity contribution in [2.24, 2.45) is 5.41 Å². The average Bonchev–Trinajstić information content (AvgIpc) is 2.94. The first kappa shape index (κ1) is 22.4. The monoisotopic (exact) mass is 470 g/mol. The Morgan fingerprint density at radius 2 is 1.65 bits per heavy atom. The van der Waals surface area contributed by atoms with Crippen molar-refractivity contribution in [3.63, 3.8) is 0 Å². The molecular weight excluding hydrogens is 444 g/mol. The Kier molecular flexibility index (Phi) is 5.78. The van der Waals surface area contributed by atoms with Crippen LogP contribution < -0.4 is 10.2 Å². The maximum atomic E-state index is 14.0. The van der Waals surface area contributed by atoms with Gasteiger partial charge in [-0.05, 0) is 47.2 Å². The highest BCUT2D eigenvalue weighted by atomic mass is 35.5. The molecule has 1 atom stereocenters. The molecule has 0 aromatic heterocycles. The SMILES string of the molecule is CC1(C)CC(=O)C2=C(C1)Nc1ccccc1N(C(=O)Cc1ccccc1)[C@@H]2c1ccc(Cl)cc1. The highest BCUT2D eigenvalue weighted by molar-refractivity contribution is 6.30. The third-order valence-corrected chi connectivity index (χ3v) is 6.81. The number of fused-ring (bicyclic) bond motifs is 1. The quantitative estimate of drug-likeness (QED) is 0.462. The van der Waals surface area contributed by atoms with Gasteiger partial charge in [-0.15, -0.1) is 0 Å². The smallest absolute Gasteiger partial charge is 0.232 e. The first-order valence-electron chi connectivity index (χ1n) is 11.6. The number of rotatable bonds is 3. The van der Waals surface area contributed by atoms with E-state index < -0.39 is 6.04 Å². The fourth-order valence-corrected chi connectivity index (χ4v) is 5.20. The van der Waals surface area contributed by atoms with Crippen molar-refractivity contribution >= 4 is 34.7 Å². The normalized spacial score (nSPS) is 19.1. The summed E-state index contributed by atoms with van der Waals surface area (Å²) in [4.78, 5) is 29.4. The van der Waals surface area contributed by atoms with Crippen LogP contribution in [0, 0.1) is 5.41 Å². The van der Waals surface area contributed by atoms with Crippen LogP contribution in [-0.4, -0.2) is 11.7 Å². The maximum Gasteiger partial charge on any atom is 0.232 e. The number of nitrogens with zero attached hydrogens (tertiary/aromatic N) is 1. The van der Waals surface area contributed by atoms with Crippen LogP contribution in [0.25, 0.3) is 0 Å². The van der Waals surface area contributed by atoms with Gasteiger partial charge >= 0.3 is 0 Å². The van der Waals surface area contributed by atoms with E-state index in [-0.39, 0.29) is 23.5 Å². The number of nitrogens with one attached hydrogen (secondary N) is 1. The van der Waals surface area contributed by atoms with E-state index >= 15 is 0 Å². The Labute approximate surface area is 205 Å². The molecule has 0 spiro atoms. The molecule has 34 heavy (non-hydrogen) atoms. The molecule has 1 aliphatic heterocycles. The average molecular weight is 471 g/mol. The van der Waals surface area contributed by atoms with E-state index in [9.17, 15) is 9.59 Å². The van der Waals surface area contributed by atoms with Crippen LogP contribution in [0.4, 0.5) is 11.4 Å². The number of hydrogen-bond acceptors (Lipinski definition) is 3. The molecule has 2 aliphatic rings. The fourth-order valence-electron chi connectivity index (χ4n) is 5.08. The number of ketones is 1. The number of carbonyl (C=O) groups is 2. The molecule has 5 rings (SSSR count). The molecule has 0 radical (unpaired) electrons. The van der Waals surface area contributed by atoms with Crippen molar-refractivity contribution in [2.45, 2.75) is 39.2 Å².